The molecule has 0 aliphatic heterocycles. The van der Waals surface area contributed by atoms with Gasteiger partial charge in [0.2, 0.25) is 0 Å². The number of hydrogen-bond donors (Lipinski definition) is 1. The minimum Gasteiger partial charge on any atom is -0.462 e. The maximum atomic E-state index is 12.6. The highest BCUT2D eigenvalue weighted by Gasteiger charge is 2.24. The third kappa shape index (κ3) is 45.5. The highest BCUT2D eigenvalue weighted by atomic mass is 31.2. The number of esters is 2. The zero-order valence-electron chi connectivity index (χ0n) is 39.1. The minimum atomic E-state index is -4.27. The third-order valence-corrected chi connectivity index (χ3v) is 11.8. The van der Waals surface area contributed by atoms with Gasteiger partial charge in [-0.3, -0.25) is 18.6 Å². The van der Waals surface area contributed by atoms with Crippen molar-refractivity contribution >= 4 is 19.8 Å². The molecule has 350 valence electrons. The number of phosphoric acid groups is 1. The normalized spacial score (nSPS) is 13.6. The molecule has 0 rings (SSSR count). The highest BCUT2D eigenvalue weighted by Crippen LogP contribution is 2.42. The lowest BCUT2D eigenvalue weighted by atomic mass is 10.0. The van der Waals surface area contributed by atoms with Crippen molar-refractivity contribution in [3.8, 4) is 0 Å². The molecule has 2 unspecified atom stereocenters. The van der Waals surface area contributed by atoms with Gasteiger partial charge in [0.25, 0.3) is 0 Å². The molecule has 2 atom stereocenters. The van der Waals surface area contributed by atoms with Crippen LogP contribution in [0.25, 0.3) is 0 Å². The largest absolute Gasteiger partial charge is 0.472 e. The Balaban J connectivity index is 3.91. The molecule has 0 fully saturated rings. The molecule has 0 aromatic carbocycles. The number of allylic oxidation sites excluding steroid dienone is 8. The topological polar surface area (TPSA) is 108 Å². The van der Waals surface area contributed by atoms with Crippen molar-refractivity contribution in [2.75, 3.05) is 20.3 Å². The molecule has 0 amide bonds. The molecule has 0 bridgehead atoms. The average Bonchev–Trinajstić information content (AvgIpc) is 3.24. The first kappa shape index (κ1) is 58.0. The van der Waals surface area contributed by atoms with Crippen molar-refractivity contribution < 1.29 is 37.6 Å². The Morgan fingerprint density at radius 2 is 0.850 bits per heavy atom. The molecule has 0 heterocycles. The molecular formula is C51H93O8P. The third-order valence-electron chi connectivity index (χ3n) is 10.8. The Bertz CT molecular complexity index is 1120. The van der Waals surface area contributed by atoms with Crippen LogP contribution in [0.5, 0.6) is 0 Å². The summed E-state index contributed by atoms with van der Waals surface area (Å²) in [5.74, 6) is -0.799. The quantitative estimate of drug-likeness (QED) is 0.0279. The Hall–Kier alpha value is -1.99. The number of carbonyl (C=O) groups is 2. The molecule has 0 aliphatic rings. The molecule has 0 aromatic rings. The van der Waals surface area contributed by atoms with Crippen LogP contribution < -0.4 is 0 Å². The van der Waals surface area contributed by atoms with E-state index in [4.69, 9.17) is 14.0 Å². The number of phosphoric ester groups is 1. The summed E-state index contributed by atoms with van der Waals surface area (Å²) in [6, 6.07) is 0. The second-order valence-electron chi connectivity index (χ2n) is 16.6. The van der Waals surface area contributed by atoms with Crippen molar-refractivity contribution in [3.63, 3.8) is 0 Å². The lowest BCUT2D eigenvalue weighted by molar-refractivity contribution is -0.161. The zero-order valence-corrected chi connectivity index (χ0v) is 40.0. The first-order chi connectivity index (χ1) is 29.3. The predicted octanol–water partition coefficient (Wildman–Crippen LogP) is 16.1. The standard InChI is InChI=1S/C51H93O8P/c1-4-6-8-10-12-14-16-18-20-22-24-25-26-27-28-30-32-34-36-38-40-42-44-46-51(53)59-49(48-58-60(54,55)56-3)47-57-50(52)45-43-41-39-37-35-33-31-29-23-21-19-17-15-13-11-9-7-5-2/h6,8,12,14,18,20,24-25,49H,4-5,7,9-11,13,15-17,19,21-23,26-48H2,1-3H3,(H,54,55)/b8-6-,14-12-,20-18-,25-24-. The Morgan fingerprint density at radius 3 is 1.27 bits per heavy atom. The van der Waals surface area contributed by atoms with Crippen LogP contribution in [-0.4, -0.2) is 43.3 Å². The van der Waals surface area contributed by atoms with Gasteiger partial charge in [-0.05, 0) is 51.4 Å². The van der Waals surface area contributed by atoms with E-state index in [9.17, 15) is 19.0 Å². The Labute approximate surface area is 369 Å². The van der Waals surface area contributed by atoms with E-state index in [0.717, 1.165) is 77.7 Å². The van der Waals surface area contributed by atoms with Crippen LogP contribution in [0, 0.1) is 0 Å². The molecule has 0 saturated heterocycles. The molecule has 8 nitrogen and oxygen atoms in total. The summed E-state index contributed by atoms with van der Waals surface area (Å²) in [6.07, 6.45) is 57.4. The van der Waals surface area contributed by atoms with E-state index < -0.39 is 26.5 Å². The van der Waals surface area contributed by atoms with E-state index >= 15 is 0 Å². The fraction of sp³-hybridized carbons (Fsp3) is 0.804. The van der Waals surface area contributed by atoms with E-state index in [-0.39, 0.29) is 19.0 Å². The van der Waals surface area contributed by atoms with Crippen molar-refractivity contribution in [3.05, 3.63) is 48.6 Å². The molecule has 0 spiro atoms. The molecule has 0 aromatic heterocycles. The van der Waals surface area contributed by atoms with E-state index in [0.29, 0.717) is 12.8 Å². The summed E-state index contributed by atoms with van der Waals surface area (Å²) in [4.78, 5) is 34.6. The number of carbonyl (C=O) groups excluding carboxylic acids is 2. The SMILES string of the molecule is CC/C=C\C/C=C\C/C=C\C/C=C\CCCCCCCCCCCCC(=O)OC(COC(=O)CCCCCCCCCCCCCCCCCCCC)COP(=O)(O)OC. The van der Waals surface area contributed by atoms with Crippen LogP contribution in [0.1, 0.15) is 239 Å². The van der Waals surface area contributed by atoms with Gasteiger partial charge >= 0.3 is 19.8 Å². The van der Waals surface area contributed by atoms with E-state index in [1.165, 1.54) is 135 Å². The highest BCUT2D eigenvalue weighted by molar-refractivity contribution is 7.47. The van der Waals surface area contributed by atoms with E-state index in [1.807, 2.05) is 0 Å². The summed E-state index contributed by atoms with van der Waals surface area (Å²) >= 11 is 0. The van der Waals surface area contributed by atoms with Gasteiger partial charge in [-0.1, -0.05) is 223 Å². The Morgan fingerprint density at radius 1 is 0.483 bits per heavy atom. The summed E-state index contributed by atoms with van der Waals surface area (Å²) < 4.78 is 32.1. The first-order valence-corrected chi connectivity index (χ1v) is 26.3. The van der Waals surface area contributed by atoms with Gasteiger partial charge in [-0.15, -0.1) is 0 Å². The summed E-state index contributed by atoms with van der Waals surface area (Å²) in [5.41, 5.74) is 0. The van der Waals surface area contributed by atoms with Crippen molar-refractivity contribution in [1.29, 1.82) is 0 Å². The van der Waals surface area contributed by atoms with Gasteiger partial charge in [0, 0.05) is 20.0 Å². The van der Waals surface area contributed by atoms with Crippen molar-refractivity contribution in [2.45, 2.75) is 245 Å². The lowest BCUT2D eigenvalue weighted by Gasteiger charge is -2.19. The molecule has 9 heteroatoms. The van der Waals surface area contributed by atoms with E-state index in [2.05, 4.69) is 67.0 Å². The average molecular weight is 865 g/mol. The van der Waals surface area contributed by atoms with Gasteiger partial charge in [-0.25, -0.2) is 4.57 Å². The van der Waals surface area contributed by atoms with Gasteiger partial charge in [0.15, 0.2) is 6.10 Å². The summed E-state index contributed by atoms with van der Waals surface area (Å²) in [5, 5.41) is 0. The van der Waals surface area contributed by atoms with Gasteiger partial charge in [0.1, 0.15) is 6.61 Å². The second kappa shape index (κ2) is 46.5. The molecule has 0 radical (unpaired) electrons. The predicted molar refractivity (Wildman–Crippen MR) is 253 cm³/mol. The minimum absolute atomic E-state index is 0.224. The van der Waals surface area contributed by atoms with Gasteiger partial charge in [-0.2, -0.15) is 0 Å². The molecule has 0 aliphatic carbocycles. The molecule has 1 N–H and O–H groups in total. The number of hydrogen-bond acceptors (Lipinski definition) is 7. The van der Waals surface area contributed by atoms with Crippen molar-refractivity contribution in [2.24, 2.45) is 0 Å². The second-order valence-corrected chi connectivity index (χ2v) is 18.1. The van der Waals surface area contributed by atoms with Gasteiger partial charge < -0.3 is 14.4 Å². The number of unbranched alkanes of at least 4 members (excludes halogenated alkanes) is 27. The van der Waals surface area contributed by atoms with Crippen LogP contribution in [0.3, 0.4) is 0 Å². The van der Waals surface area contributed by atoms with Crippen LogP contribution in [0.4, 0.5) is 0 Å². The fourth-order valence-electron chi connectivity index (χ4n) is 7.06. The van der Waals surface area contributed by atoms with Crippen LogP contribution in [0.2, 0.25) is 0 Å². The number of ether oxygens (including phenoxy) is 2. The zero-order chi connectivity index (χ0) is 43.9. The van der Waals surface area contributed by atoms with Crippen LogP contribution in [0.15, 0.2) is 48.6 Å². The van der Waals surface area contributed by atoms with E-state index in [1.54, 1.807) is 0 Å². The van der Waals surface area contributed by atoms with Gasteiger partial charge in [0.05, 0.1) is 6.61 Å². The van der Waals surface area contributed by atoms with Crippen LogP contribution >= 0.6 is 7.82 Å². The summed E-state index contributed by atoms with van der Waals surface area (Å²) in [7, 11) is -3.20. The number of rotatable bonds is 46. The lowest BCUT2D eigenvalue weighted by Crippen LogP contribution is -2.29. The van der Waals surface area contributed by atoms with Crippen LogP contribution in [-0.2, 0) is 32.7 Å². The smallest absolute Gasteiger partial charge is 0.462 e. The Kier molecular flexibility index (Phi) is 45.0. The van der Waals surface area contributed by atoms with Crippen molar-refractivity contribution in [1.82, 2.24) is 0 Å². The maximum absolute atomic E-state index is 12.6. The molecular weight excluding hydrogens is 772 g/mol. The molecule has 0 saturated carbocycles. The summed E-state index contributed by atoms with van der Waals surface area (Å²) in [6.45, 7) is 3.81. The maximum Gasteiger partial charge on any atom is 0.472 e. The molecule has 60 heavy (non-hydrogen) atoms. The fourth-order valence-corrected chi connectivity index (χ4v) is 7.52. The monoisotopic (exact) mass is 865 g/mol. The first-order valence-electron chi connectivity index (χ1n) is 24.8.